The second-order valence-corrected chi connectivity index (χ2v) is 12.9. The predicted molar refractivity (Wildman–Crippen MR) is 213 cm³/mol. The summed E-state index contributed by atoms with van der Waals surface area (Å²) in [5, 5.41) is 9.93. The van der Waals surface area contributed by atoms with Crippen LogP contribution in [0.4, 0.5) is 17.1 Å². The van der Waals surface area contributed by atoms with Gasteiger partial charge in [0.05, 0.1) is 22.4 Å². The van der Waals surface area contributed by atoms with Crippen LogP contribution in [0.2, 0.25) is 0 Å². The highest BCUT2D eigenvalue weighted by molar-refractivity contribution is 6.25. The van der Waals surface area contributed by atoms with Gasteiger partial charge in [0, 0.05) is 32.9 Å². The molecule has 1 heterocycles. The zero-order valence-electron chi connectivity index (χ0n) is 27.4. The minimum absolute atomic E-state index is 1.11. The van der Waals surface area contributed by atoms with E-state index in [4.69, 9.17) is 0 Å². The van der Waals surface area contributed by atoms with E-state index in [9.17, 15) is 0 Å². The molecule has 1 aromatic heterocycles. The van der Waals surface area contributed by atoms with Crippen LogP contribution in [-0.2, 0) is 0 Å². The van der Waals surface area contributed by atoms with Crippen LogP contribution < -0.4 is 4.90 Å². The fraction of sp³-hybridized carbons (Fsp3) is 0. The van der Waals surface area contributed by atoms with Crippen molar-refractivity contribution in [3.63, 3.8) is 0 Å². The second kappa shape index (κ2) is 11.5. The van der Waals surface area contributed by atoms with Crippen molar-refractivity contribution in [1.29, 1.82) is 0 Å². The molecule has 10 aromatic rings. The van der Waals surface area contributed by atoms with Crippen molar-refractivity contribution in [2.45, 2.75) is 0 Å². The Bertz CT molecular complexity index is 2790. The van der Waals surface area contributed by atoms with E-state index in [1.54, 1.807) is 0 Å². The molecule has 0 unspecified atom stereocenters. The third-order valence-electron chi connectivity index (χ3n) is 10.1. The molecule has 0 N–H and O–H groups in total. The fourth-order valence-electron chi connectivity index (χ4n) is 7.95. The van der Waals surface area contributed by atoms with Crippen molar-refractivity contribution >= 4 is 71.2 Å². The first-order valence-corrected chi connectivity index (χ1v) is 17.2. The summed E-state index contributed by atoms with van der Waals surface area (Å²) in [6.07, 6.45) is 0. The van der Waals surface area contributed by atoms with E-state index < -0.39 is 0 Å². The Labute approximate surface area is 290 Å². The number of benzene rings is 9. The summed E-state index contributed by atoms with van der Waals surface area (Å²) < 4.78 is 2.42. The largest absolute Gasteiger partial charge is 0.309 e. The van der Waals surface area contributed by atoms with Crippen molar-refractivity contribution in [3.05, 3.63) is 194 Å². The highest BCUT2D eigenvalue weighted by Gasteiger charge is 2.21. The lowest BCUT2D eigenvalue weighted by Gasteiger charge is -2.28. The molecular weight excluding hydrogens is 605 g/mol. The molecule has 0 spiro atoms. The van der Waals surface area contributed by atoms with E-state index in [2.05, 4.69) is 204 Å². The summed E-state index contributed by atoms with van der Waals surface area (Å²) in [6, 6.07) is 70.5. The molecule has 0 aliphatic heterocycles. The van der Waals surface area contributed by atoms with Crippen molar-refractivity contribution < 1.29 is 0 Å². The molecule has 2 nitrogen and oxygen atoms in total. The summed E-state index contributed by atoms with van der Waals surface area (Å²) in [6.45, 7) is 0. The first kappa shape index (κ1) is 28.4. The molecule has 0 amide bonds. The lowest BCUT2D eigenvalue weighted by molar-refractivity contribution is 1.18. The number of aromatic nitrogens is 1. The van der Waals surface area contributed by atoms with Gasteiger partial charge in [0.1, 0.15) is 0 Å². The molecule has 234 valence electrons. The minimum Gasteiger partial charge on any atom is -0.309 e. The molecular formula is C48H32N2. The maximum atomic E-state index is 2.44. The minimum atomic E-state index is 1.11. The van der Waals surface area contributed by atoms with Crippen LogP contribution >= 0.6 is 0 Å². The van der Waals surface area contributed by atoms with Crippen LogP contribution in [0.5, 0.6) is 0 Å². The van der Waals surface area contributed by atoms with Crippen LogP contribution in [0.15, 0.2) is 194 Å². The second-order valence-electron chi connectivity index (χ2n) is 12.9. The third kappa shape index (κ3) is 4.43. The molecule has 0 radical (unpaired) electrons. The van der Waals surface area contributed by atoms with Gasteiger partial charge in [-0.15, -0.1) is 0 Å². The Balaban J connectivity index is 1.27. The van der Waals surface area contributed by atoms with Gasteiger partial charge in [-0.2, -0.15) is 0 Å². The zero-order valence-corrected chi connectivity index (χ0v) is 27.4. The van der Waals surface area contributed by atoms with Gasteiger partial charge >= 0.3 is 0 Å². The van der Waals surface area contributed by atoms with Gasteiger partial charge in [-0.25, -0.2) is 0 Å². The number of hydrogen-bond acceptors (Lipinski definition) is 1. The molecule has 0 saturated carbocycles. The normalized spacial score (nSPS) is 11.6. The van der Waals surface area contributed by atoms with Gasteiger partial charge in [0.2, 0.25) is 0 Å². The summed E-state index contributed by atoms with van der Waals surface area (Å²) >= 11 is 0. The average Bonchev–Trinajstić information content (AvgIpc) is 3.54. The number of nitrogens with zero attached hydrogens (tertiary/aromatic N) is 2. The van der Waals surface area contributed by atoms with Crippen LogP contribution in [0.25, 0.3) is 70.9 Å². The van der Waals surface area contributed by atoms with Gasteiger partial charge in [0.25, 0.3) is 0 Å². The van der Waals surface area contributed by atoms with E-state index in [0.29, 0.717) is 0 Å². The first-order chi connectivity index (χ1) is 24.8. The van der Waals surface area contributed by atoms with Gasteiger partial charge < -0.3 is 9.47 Å². The van der Waals surface area contributed by atoms with Crippen molar-refractivity contribution in [2.24, 2.45) is 0 Å². The molecule has 0 saturated heterocycles. The standard InChI is InChI=1S/C48H32N2/c1-2-20-37(21-3-1)49-45-29-13-26-42(48(45)47-41-25-9-6-16-35(41)30-31-46(47)49)36-19-10-22-38(32-36)50(43-27-11-17-33-14-4-7-23-39(33)43)44-28-12-18-34-15-5-8-24-40(34)44/h1-32H. The summed E-state index contributed by atoms with van der Waals surface area (Å²) in [7, 11) is 0. The highest BCUT2D eigenvalue weighted by atomic mass is 15.1. The summed E-state index contributed by atoms with van der Waals surface area (Å²) in [5.41, 5.74) is 9.39. The Morgan fingerprint density at radius 3 is 1.60 bits per heavy atom. The molecule has 50 heavy (non-hydrogen) atoms. The van der Waals surface area contributed by atoms with Crippen molar-refractivity contribution in [3.8, 4) is 16.8 Å². The molecule has 10 rings (SSSR count). The number of hydrogen-bond donors (Lipinski definition) is 0. The smallest absolute Gasteiger partial charge is 0.0547 e. The lowest BCUT2D eigenvalue weighted by atomic mass is 9.96. The number of anilines is 3. The number of rotatable bonds is 5. The SMILES string of the molecule is c1ccc(-n2c3cccc(-c4cccc(N(c5cccc6ccccc56)c5cccc6ccccc56)c4)c3c3c4ccccc4ccc32)cc1. The Morgan fingerprint density at radius 2 is 0.900 bits per heavy atom. The summed E-state index contributed by atoms with van der Waals surface area (Å²) in [5.74, 6) is 0. The van der Waals surface area contributed by atoms with Crippen molar-refractivity contribution in [2.75, 3.05) is 4.90 Å². The highest BCUT2D eigenvalue weighted by Crippen LogP contribution is 2.45. The van der Waals surface area contributed by atoms with Crippen LogP contribution in [0, 0.1) is 0 Å². The van der Waals surface area contributed by atoms with Crippen LogP contribution in [0.1, 0.15) is 0 Å². The number of fused-ring (bicyclic) bond motifs is 7. The van der Waals surface area contributed by atoms with E-state index in [1.165, 1.54) is 65.3 Å². The van der Waals surface area contributed by atoms with Gasteiger partial charge in [0.15, 0.2) is 0 Å². The van der Waals surface area contributed by atoms with Gasteiger partial charge in [-0.3, -0.25) is 0 Å². The third-order valence-corrected chi connectivity index (χ3v) is 10.1. The molecule has 0 aliphatic rings. The molecule has 2 heteroatoms. The topological polar surface area (TPSA) is 8.17 Å². The van der Waals surface area contributed by atoms with E-state index in [1.807, 2.05) is 0 Å². The van der Waals surface area contributed by atoms with Crippen LogP contribution in [0.3, 0.4) is 0 Å². The quantitative estimate of drug-likeness (QED) is 0.182. The van der Waals surface area contributed by atoms with Gasteiger partial charge in [-0.1, -0.05) is 146 Å². The maximum absolute atomic E-state index is 2.44. The Hall–Kier alpha value is -6.64. The molecule has 0 fully saturated rings. The Morgan fingerprint density at radius 1 is 0.360 bits per heavy atom. The lowest BCUT2D eigenvalue weighted by Crippen LogP contribution is -2.11. The van der Waals surface area contributed by atoms with E-state index >= 15 is 0 Å². The van der Waals surface area contributed by atoms with Crippen molar-refractivity contribution in [1.82, 2.24) is 4.57 Å². The molecule has 0 atom stereocenters. The zero-order chi connectivity index (χ0) is 33.0. The maximum Gasteiger partial charge on any atom is 0.0547 e. The van der Waals surface area contributed by atoms with E-state index in [0.717, 1.165) is 22.7 Å². The molecule has 9 aromatic carbocycles. The molecule has 0 aliphatic carbocycles. The fourth-order valence-corrected chi connectivity index (χ4v) is 7.95. The molecule has 0 bridgehead atoms. The predicted octanol–water partition coefficient (Wildman–Crippen LogP) is 13.4. The summed E-state index contributed by atoms with van der Waals surface area (Å²) in [4.78, 5) is 2.44. The average molecular weight is 637 g/mol. The van der Waals surface area contributed by atoms with Crippen LogP contribution in [-0.4, -0.2) is 4.57 Å². The number of para-hydroxylation sites is 1. The monoisotopic (exact) mass is 636 g/mol. The van der Waals surface area contributed by atoms with E-state index in [-0.39, 0.29) is 0 Å². The van der Waals surface area contributed by atoms with Gasteiger partial charge in [-0.05, 0) is 81.2 Å². The Kier molecular flexibility index (Phi) is 6.53. The first-order valence-electron chi connectivity index (χ1n) is 17.2.